The normalized spacial score (nSPS) is 10.3. The largest absolute Gasteiger partial charge is 0.497 e. The Morgan fingerprint density at radius 2 is 1.66 bits per heavy atom. The molecule has 1 heterocycles. The number of ether oxygens (including phenoxy) is 1. The summed E-state index contributed by atoms with van der Waals surface area (Å²) in [7, 11) is 1.57. The van der Waals surface area contributed by atoms with E-state index in [4.69, 9.17) is 4.74 Å². The molecular formula is C18H16FN5O3S2. The van der Waals surface area contributed by atoms with Crippen molar-refractivity contribution in [3.63, 3.8) is 0 Å². The molecule has 0 atom stereocenters. The molecule has 0 aliphatic rings. The molecule has 3 amide bonds. The minimum Gasteiger partial charge on any atom is -0.497 e. The van der Waals surface area contributed by atoms with E-state index in [9.17, 15) is 14.0 Å². The summed E-state index contributed by atoms with van der Waals surface area (Å²) in [5.41, 5.74) is 1.10. The molecule has 0 unspecified atom stereocenters. The molecule has 150 valence electrons. The lowest BCUT2D eigenvalue weighted by Crippen LogP contribution is -2.19. The van der Waals surface area contributed by atoms with Gasteiger partial charge in [0.05, 0.1) is 12.9 Å². The predicted octanol–water partition coefficient (Wildman–Crippen LogP) is 4.06. The second kappa shape index (κ2) is 9.85. The van der Waals surface area contributed by atoms with Gasteiger partial charge in [-0.05, 0) is 48.5 Å². The number of halogens is 1. The molecule has 1 aromatic heterocycles. The number of nitrogens with one attached hydrogen (secondary N) is 3. The highest BCUT2D eigenvalue weighted by atomic mass is 32.2. The van der Waals surface area contributed by atoms with Gasteiger partial charge in [0.1, 0.15) is 11.6 Å². The fourth-order valence-corrected chi connectivity index (χ4v) is 3.66. The summed E-state index contributed by atoms with van der Waals surface area (Å²) in [6.45, 7) is 0. The van der Waals surface area contributed by atoms with Crippen LogP contribution in [0.2, 0.25) is 0 Å². The maximum absolute atomic E-state index is 12.9. The number of aromatic nitrogens is 2. The Hall–Kier alpha value is -3.18. The molecule has 3 N–H and O–H groups in total. The highest BCUT2D eigenvalue weighted by molar-refractivity contribution is 8.01. The number of hydrogen-bond donors (Lipinski definition) is 3. The first kappa shape index (κ1) is 20.6. The van der Waals surface area contributed by atoms with Gasteiger partial charge in [0, 0.05) is 11.4 Å². The number of methoxy groups -OCH3 is 1. The van der Waals surface area contributed by atoms with E-state index in [0.717, 1.165) is 11.3 Å². The van der Waals surface area contributed by atoms with Crippen LogP contribution in [0.4, 0.5) is 25.7 Å². The number of carbonyl (C=O) groups excluding carboxylic acids is 2. The Morgan fingerprint density at radius 1 is 1.00 bits per heavy atom. The first-order valence-corrected chi connectivity index (χ1v) is 10.1. The Kier molecular flexibility index (Phi) is 6.98. The number of nitrogens with zero attached hydrogens (tertiary/aromatic N) is 2. The molecule has 0 aliphatic heterocycles. The molecule has 2 aromatic carbocycles. The van der Waals surface area contributed by atoms with E-state index in [2.05, 4.69) is 26.1 Å². The van der Waals surface area contributed by atoms with Crippen LogP contribution in [0.25, 0.3) is 0 Å². The summed E-state index contributed by atoms with van der Waals surface area (Å²) in [5.74, 6) is 0.258. The van der Waals surface area contributed by atoms with E-state index < -0.39 is 11.8 Å². The van der Waals surface area contributed by atoms with E-state index in [0.29, 0.717) is 21.5 Å². The molecular weight excluding hydrogens is 417 g/mol. The molecule has 0 bridgehead atoms. The summed E-state index contributed by atoms with van der Waals surface area (Å²) in [5, 5.41) is 15.9. The molecule has 11 heteroatoms. The standard InChI is InChI=1S/C18H16FN5O3S2/c1-27-14-8-6-12(7-9-14)20-15(25)10-28-18-24-23-17(29-18)22-16(26)21-13-4-2-11(19)3-5-13/h2-9H,10H2,1H3,(H,20,25)(H2,21,22,23,26). The molecule has 0 saturated heterocycles. The molecule has 0 fully saturated rings. The second-order valence-corrected chi connectivity index (χ2v) is 7.72. The van der Waals surface area contributed by atoms with Gasteiger partial charge in [-0.2, -0.15) is 0 Å². The highest BCUT2D eigenvalue weighted by Crippen LogP contribution is 2.26. The number of thioether (sulfide) groups is 1. The second-order valence-electron chi connectivity index (χ2n) is 5.52. The quantitative estimate of drug-likeness (QED) is 0.383. The van der Waals surface area contributed by atoms with Gasteiger partial charge in [-0.15, -0.1) is 10.2 Å². The van der Waals surface area contributed by atoms with Crippen LogP contribution in [0.1, 0.15) is 0 Å². The van der Waals surface area contributed by atoms with Crippen molar-refractivity contribution in [2.45, 2.75) is 4.34 Å². The fourth-order valence-electron chi connectivity index (χ4n) is 2.11. The van der Waals surface area contributed by atoms with Crippen molar-refractivity contribution in [3.8, 4) is 5.75 Å². The molecule has 0 aliphatic carbocycles. The number of rotatable bonds is 7. The first-order chi connectivity index (χ1) is 14.0. The zero-order valence-corrected chi connectivity index (χ0v) is 16.8. The molecule has 29 heavy (non-hydrogen) atoms. The SMILES string of the molecule is COc1ccc(NC(=O)CSc2nnc(NC(=O)Nc3ccc(F)cc3)s2)cc1. The Balaban J connectivity index is 1.44. The lowest BCUT2D eigenvalue weighted by molar-refractivity contribution is -0.113. The summed E-state index contributed by atoms with van der Waals surface area (Å²) >= 11 is 2.34. The molecule has 3 rings (SSSR count). The van der Waals surface area contributed by atoms with Crippen LogP contribution < -0.4 is 20.7 Å². The van der Waals surface area contributed by atoms with E-state index in [1.54, 1.807) is 31.4 Å². The zero-order chi connectivity index (χ0) is 20.6. The first-order valence-electron chi connectivity index (χ1n) is 8.25. The van der Waals surface area contributed by atoms with E-state index in [1.165, 1.54) is 36.0 Å². The Labute approximate surface area is 173 Å². The van der Waals surface area contributed by atoms with Crippen molar-refractivity contribution in [1.82, 2.24) is 10.2 Å². The smallest absolute Gasteiger partial charge is 0.325 e. The van der Waals surface area contributed by atoms with Gasteiger partial charge in [-0.25, -0.2) is 9.18 Å². The highest BCUT2D eigenvalue weighted by Gasteiger charge is 2.11. The van der Waals surface area contributed by atoms with Crippen LogP contribution in [0.15, 0.2) is 52.9 Å². The van der Waals surface area contributed by atoms with Crippen molar-refractivity contribution >= 4 is 51.5 Å². The molecule has 3 aromatic rings. The Morgan fingerprint density at radius 3 is 2.34 bits per heavy atom. The van der Waals surface area contributed by atoms with Crippen LogP contribution >= 0.6 is 23.1 Å². The van der Waals surface area contributed by atoms with Gasteiger partial charge >= 0.3 is 6.03 Å². The van der Waals surface area contributed by atoms with Crippen LogP contribution in [0.5, 0.6) is 5.75 Å². The third-order valence-electron chi connectivity index (χ3n) is 3.43. The summed E-state index contributed by atoms with van der Waals surface area (Å²) in [6.07, 6.45) is 0. The Bertz CT molecular complexity index is 980. The number of urea groups is 1. The molecule has 0 spiro atoms. The van der Waals surface area contributed by atoms with Crippen LogP contribution in [0, 0.1) is 5.82 Å². The van der Waals surface area contributed by atoms with Gasteiger partial charge < -0.3 is 15.4 Å². The lowest BCUT2D eigenvalue weighted by atomic mass is 10.3. The van der Waals surface area contributed by atoms with Gasteiger partial charge in [-0.1, -0.05) is 23.1 Å². The third-order valence-corrected chi connectivity index (χ3v) is 5.40. The lowest BCUT2D eigenvalue weighted by Gasteiger charge is -2.05. The maximum atomic E-state index is 12.9. The molecule has 0 radical (unpaired) electrons. The molecule has 8 nitrogen and oxygen atoms in total. The van der Waals surface area contributed by atoms with E-state index in [1.807, 2.05) is 0 Å². The number of benzene rings is 2. The number of carbonyl (C=O) groups is 2. The monoisotopic (exact) mass is 433 g/mol. The summed E-state index contributed by atoms with van der Waals surface area (Å²) in [6, 6.07) is 11.8. The van der Waals surface area contributed by atoms with Crippen molar-refractivity contribution in [3.05, 3.63) is 54.3 Å². The summed E-state index contributed by atoms with van der Waals surface area (Å²) < 4.78 is 18.5. The van der Waals surface area contributed by atoms with Crippen molar-refractivity contribution in [1.29, 1.82) is 0 Å². The van der Waals surface area contributed by atoms with Crippen LogP contribution in [-0.2, 0) is 4.79 Å². The zero-order valence-electron chi connectivity index (χ0n) is 15.1. The summed E-state index contributed by atoms with van der Waals surface area (Å²) in [4.78, 5) is 24.0. The average Bonchev–Trinajstić information content (AvgIpc) is 3.16. The number of amides is 3. The van der Waals surface area contributed by atoms with Crippen molar-refractivity contribution in [2.75, 3.05) is 28.8 Å². The average molecular weight is 433 g/mol. The van der Waals surface area contributed by atoms with Crippen molar-refractivity contribution in [2.24, 2.45) is 0 Å². The van der Waals surface area contributed by atoms with Crippen LogP contribution in [0.3, 0.4) is 0 Å². The minimum absolute atomic E-state index is 0.141. The van der Waals surface area contributed by atoms with E-state index in [-0.39, 0.29) is 16.8 Å². The van der Waals surface area contributed by atoms with Crippen LogP contribution in [-0.4, -0.2) is 35.0 Å². The topological polar surface area (TPSA) is 105 Å². The van der Waals surface area contributed by atoms with Gasteiger partial charge in [0.25, 0.3) is 0 Å². The fraction of sp³-hybridized carbons (Fsp3) is 0.111. The van der Waals surface area contributed by atoms with Crippen molar-refractivity contribution < 1.29 is 18.7 Å². The maximum Gasteiger partial charge on any atom is 0.325 e. The van der Waals surface area contributed by atoms with Gasteiger partial charge in [0.2, 0.25) is 11.0 Å². The predicted molar refractivity (Wildman–Crippen MR) is 111 cm³/mol. The van der Waals surface area contributed by atoms with Gasteiger partial charge in [0.15, 0.2) is 4.34 Å². The van der Waals surface area contributed by atoms with Gasteiger partial charge in [-0.3, -0.25) is 10.1 Å². The third kappa shape index (κ3) is 6.43. The van der Waals surface area contributed by atoms with E-state index >= 15 is 0 Å². The number of hydrogen-bond acceptors (Lipinski definition) is 7. The minimum atomic E-state index is -0.526. The number of anilines is 3. The molecule has 0 saturated carbocycles.